The molecule has 0 aliphatic heterocycles. The number of carbonyl (C=O) groups excluding carboxylic acids is 1. The van der Waals surface area contributed by atoms with Crippen LogP contribution in [-0.4, -0.2) is 30.6 Å². The average Bonchev–Trinajstić information content (AvgIpc) is 2.55. The molecule has 0 aliphatic rings. The molecule has 1 unspecified atom stereocenters. The second-order valence-corrected chi connectivity index (χ2v) is 5.62. The Morgan fingerprint density at radius 3 is 2.61 bits per heavy atom. The Morgan fingerprint density at radius 2 is 2.04 bits per heavy atom. The third kappa shape index (κ3) is 5.93. The summed E-state index contributed by atoms with van der Waals surface area (Å²) in [6, 6.07) is 4.80. The van der Waals surface area contributed by atoms with Crippen molar-refractivity contribution < 1.29 is 19.4 Å². The number of nitrogens with one attached hydrogen (secondary N) is 1. The SMILES string of the molecule is CCCCC(CC)C(=O)NCCc1ccc(C(=O)O)cc1OC. The largest absolute Gasteiger partial charge is 0.496 e. The molecule has 1 atom stereocenters. The number of carboxylic acids is 1. The van der Waals surface area contributed by atoms with Gasteiger partial charge < -0.3 is 15.2 Å². The number of carboxylic acid groups (broad SMARTS) is 1. The van der Waals surface area contributed by atoms with Crippen LogP contribution in [0.1, 0.15) is 55.5 Å². The smallest absolute Gasteiger partial charge is 0.335 e. The predicted molar refractivity (Wildman–Crippen MR) is 90.0 cm³/mol. The summed E-state index contributed by atoms with van der Waals surface area (Å²) >= 11 is 0. The maximum atomic E-state index is 12.1. The fourth-order valence-electron chi connectivity index (χ4n) is 2.52. The first-order valence-electron chi connectivity index (χ1n) is 8.21. The molecule has 0 saturated heterocycles. The Bertz CT molecular complexity index is 528. The van der Waals surface area contributed by atoms with E-state index < -0.39 is 5.97 Å². The van der Waals surface area contributed by atoms with Crippen LogP contribution in [0, 0.1) is 5.92 Å². The number of benzene rings is 1. The van der Waals surface area contributed by atoms with Crippen molar-refractivity contribution >= 4 is 11.9 Å². The zero-order valence-corrected chi connectivity index (χ0v) is 14.2. The van der Waals surface area contributed by atoms with Crippen LogP contribution in [0.3, 0.4) is 0 Å². The highest BCUT2D eigenvalue weighted by molar-refractivity contribution is 5.88. The average molecular weight is 321 g/mol. The van der Waals surface area contributed by atoms with E-state index in [1.807, 2.05) is 6.92 Å². The monoisotopic (exact) mass is 321 g/mol. The van der Waals surface area contributed by atoms with Gasteiger partial charge in [0.05, 0.1) is 12.7 Å². The molecule has 5 heteroatoms. The molecule has 0 bridgehead atoms. The van der Waals surface area contributed by atoms with E-state index in [2.05, 4.69) is 12.2 Å². The number of ether oxygens (including phenoxy) is 1. The molecule has 1 aromatic carbocycles. The van der Waals surface area contributed by atoms with Crippen LogP contribution in [-0.2, 0) is 11.2 Å². The van der Waals surface area contributed by atoms with Crippen molar-refractivity contribution in [3.63, 3.8) is 0 Å². The summed E-state index contributed by atoms with van der Waals surface area (Å²) in [6.45, 7) is 4.68. The van der Waals surface area contributed by atoms with Crippen molar-refractivity contribution in [3.05, 3.63) is 29.3 Å². The minimum Gasteiger partial charge on any atom is -0.496 e. The molecular formula is C18H27NO4. The first-order valence-corrected chi connectivity index (χ1v) is 8.21. The van der Waals surface area contributed by atoms with E-state index >= 15 is 0 Å². The summed E-state index contributed by atoms with van der Waals surface area (Å²) in [7, 11) is 1.51. The van der Waals surface area contributed by atoms with Crippen LogP contribution in [0.25, 0.3) is 0 Å². The number of aromatic carboxylic acids is 1. The van der Waals surface area contributed by atoms with Crippen LogP contribution < -0.4 is 10.1 Å². The number of unbranched alkanes of at least 4 members (excludes halogenated alkanes) is 1. The first kappa shape index (κ1) is 19.0. The number of rotatable bonds is 10. The summed E-state index contributed by atoms with van der Waals surface area (Å²) in [5.41, 5.74) is 1.08. The van der Waals surface area contributed by atoms with Crippen LogP contribution in [0.15, 0.2) is 18.2 Å². The third-order valence-corrected chi connectivity index (χ3v) is 4.00. The number of carbonyl (C=O) groups is 2. The summed E-state index contributed by atoms with van der Waals surface area (Å²) in [4.78, 5) is 23.1. The van der Waals surface area contributed by atoms with Crippen LogP contribution in [0.2, 0.25) is 0 Å². The van der Waals surface area contributed by atoms with Crippen molar-refractivity contribution in [2.75, 3.05) is 13.7 Å². The van der Waals surface area contributed by atoms with E-state index in [0.29, 0.717) is 18.7 Å². The van der Waals surface area contributed by atoms with Crippen LogP contribution >= 0.6 is 0 Å². The lowest BCUT2D eigenvalue weighted by Crippen LogP contribution is -2.32. The van der Waals surface area contributed by atoms with Gasteiger partial charge in [0.2, 0.25) is 5.91 Å². The van der Waals surface area contributed by atoms with Gasteiger partial charge in [0.1, 0.15) is 5.75 Å². The predicted octanol–water partition coefficient (Wildman–Crippen LogP) is 3.27. The Kier molecular flexibility index (Phi) is 8.16. The van der Waals surface area contributed by atoms with Crippen LogP contribution in [0.5, 0.6) is 5.75 Å². The Morgan fingerprint density at radius 1 is 1.30 bits per heavy atom. The zero-order valence-electron chi connectivity index (χ0n) is 14.2. The minimum absolute atomic E-state index is 0.0752. The number of methoxy groups -OCH3 is 1. The standard InChI is InChI=1S/C18H27NO4/c1-4-6-7-13(5-2)17(20)19-11-10-14-8-9-15(18(21)22)12-16(14)23-3/h8-9,12-13H,4-7,10-11H2,1-3H3,(H,19,20)(H,21,22). The summed E-state index contributed by atoms with van der Waals surface area (Å²) in [5, 5.41) is 12.0. The highest BCUT2D eigenvalue weighted by Crippen LogP contribution is 2.21. The maximum absolute atomic E-state index is 12.1. The van der Waals surface area contributed by atoms with E-state index in [-0.39, 0.29) is 17.4 Å². The molecule has 0 aromatic heterocycles. The third-order valence-electron chi connectivity index (χ3n) is 4.00. The van der Waals surface area contributed by atoms with E-state index in [1.54, 1.807) is 12.1 Å². The molecule has 0 radical (unpaired) electrons. The summed E-state index contributed by atoms with van der Waals surface area (Å²) in [6.07, 6.45) is 4.55. The number of hydrogen-bond donors (Lipinski definition) is 2. The maximum Gasteiger partial charge on any atom is 0.335 e. The molecule has 128 valence electrons. The van der Waals surface area contributed by atoms with Gasteiger partial charge in [-0.1, -0.05) is 32.8 Å². The molecule has 1 amide bonds. The normalized spacial score (nSPS) is 11.8. The molecule has 0 aliphatic carbocycles. The summed E-state index contributed by atoms with van der Waals surface area (Å²) in [5.74, 6) is -0.268. The van der Waals surface area contributed by atoms with Gasteiger partial charge in [0.25, 0.3) is 0 Å². The van der Waals surface area contributed by atoms with Crippen molar-refractivity contribution in [1.82, 2.24) is 5.32 Å². The quantitative estimate of drug-likeness (QED) is 0.693. The highest BCUT2D eigenvalue weighted by Gasteiger charge is 2.15. The Labute approximate surface area is 138 Å². The van der Waals surface area contributed by atoms with Crippen LogP contribution in [0.4, 0.5) is 0 Å². The van der Waals surface area contributed by atoms with Gasteiger partial charge in [-0.15, -0.1) is 0 Å². The highest BCUT2D eigenvalue weighted by atomic mass is 16.5. The van der Waals surface area contributed by atoms with Gasteiger partial charge >= 0.3 is 5.97 Å². The Balaban J connectivity index is 2.57. The lowest BCUT2D eigenvalue weighted by Gasteiger charge is -2.15. The van der Waals surface area contributed by atoms with Gasteiger partial charge in [0, 0.05) is 12.5 Å². The summed E-state index contributed by atoms with van der Waals surface area (Å²) < 4.78 is 5.24. The number of amides is 1. The van der Waals surface area contributed by atoms with Gasteiger partial charge in [-0.05, 0) is 37.0 Å². The van der Waals surface area contributed by atoms with Crippen molar-refractivity contribution in [2.24, 2.45) is 5.92 Å². The molecule has 0 fully saturated rings. The van der Waals surface area contributed by atoms with Gasteiger partial charge in [0.15, 0.2) is 0 Å². The first-order chi connectivity index (χ1) is 11.0. The zero-order chi connectivity index (χ0) is 17.2. The minimum atomic E-state index is -0.982. The molecule has 0 spiro atoms. The second kappa shape index (κ2) is 9.87. The molecule has 0 heterocycles. The molecule has 1 aromatic rings. The fraction of sp³-hybridized carbons (Fsp3) is 0.556. The van der Waals surface area contributed by atoms with Gasteiger partial charge in [-0.3, -0.25) is 4.79 Å². The number of hydrogen-bond acceptors (Lipinski definition) is 3. The lowest BCUT2D eigenvalue weighted by atomic mass is 9.98. The van der Waals surface area contributed by atoms with E-state index in [9.17, 15) is 9.59 Å². The fourth-order valence-corrected chi connectivity index (χ4v) is 2.52. The van der Waals surface area contributed by atoms with E-state index in [0.717, 1.165) is 31.2 Å². The van der Waals surface area contributed by atoms with Crippen molar-refractivity contribution in [2.45, 2.75) is 46.0 Å². The second-order valence-electron chi connectivity index (χ2n) is 5.62. The topological polar surface area (TPSA) is 75.6 Å². The van der Waals surface area contributed by atoms with Crippen molar-refractivity contribution in [1.29, 1.82) is 0 Å². The van der Waals surface area contributed by atoms with Gasteiger partial charge in [-0.2, -0.15) is 0 Å². The van der Waals surface area contributed by atoms with Crippen molar-refractivity contribution in [3.8, 4) is 5.75 Å². The molecular weight excluding hydrogens is 294 g/mol. The molecule has 5 nitrogen and oxygen atoms in total. The van der Waals surface area contributed by atoms with E-state index in [1.165, 1.54) is 13.2 Å². The van der Waals surface area contributed by atoms with Gasteiger partial charge in [-0.25, -0.2) is 4.79 Å². The van der Waals surface area contributed by atoms with E-state index in [4.69, 9.17) is 9.84 Å². The lowest BCUT2D eigenvalue weighted by molar-refractivity contribution is -0.125. The molecule has 0 saturated carbocycles. The Hall–Kier alpha value is -2.04. The molecule has 23 heavy (non-hydrogen) atoms. The molecule has 2 N–H and O–H groups in total. The molecule has 1 rings (SSSR count).